The first-order chi connectivity index (χ1) is 17.1. The summed E-state index contributed by atoms with van der Waals surface area (Å²) in [4.78, 5) is 0. The molecule has 0 saturated carbocycles. The molecule has 0 spiro atoms. The Hall–Kier alpha value is -3.63. The van der Waals surface area contributed by atoms with Crippen molar-refractivity contribution in [2.24, 2.45) is 0 Å². The van der Waals surface area contributed by atoms with E-state index < -0.39 is 19.8 Å². The fraction of sp³-hybridized carbons (Fsp3) is 0.125. The van der Waals surface area contributed by atoms with Crippen molar-refractivity contribution in [3.05, 3.63) is 115 Å². The Morgan fingerprint density at radius 1 is 0.528 bits per heavy atom. The van der Waals surface area contributed by atoms with E-state index in [9.17, 15) is 13.2 Å². The Morgan fingerprint density at radius 2 is 1.11 bits per heavy atom. The quantitative estimate of drug-likeness (QED) is 0.217. The molecule has 0 aliphatic carbocycles. The average Bonchev–Trinajstić information content (AvgIpc) is 2.87. The van der Waals surface area contributed by atoms with Crippen molar-refractivity contribution in [1.29, 1.82) is 0 Å². The van der Waals surface area contributed by atoms with Crippen molar-refractivity contribution < 1.29 is 13.2 Å². The lowest BCUT2D eigenvalue weighted by Crippen LogP contribution is -2.37. The number of fused-ring (bicyclic) bond motifs is 1. The summed E-state index contributed by atoms with van der Waals surface area (Å²) in [6.07, 6.45) is -4.34. The first-order valence-corrected chi connectivity index (χ1v) is 15.5. The molecule has 0 radical (unpaired) electrons. The summed E-state index contributed by atoms with van der Waals surface area (Å²) in [5.41, 5.74) is 5.57. The molecule has 0 atom stereocenters. The number of alkyl halides is 3. The minimum absolute atomic E-state index is 0.636. The number of benzene rings is 5. The average molecular weight is 497 g/mol. The molecule has 0 amide bonds. The summed E-state index contributed by atoms with van der Waals surface area (Å²) < 4.78 is 38.9. The smallest absolute Gasteiger partial charge is 0.166 e. The number of halogens is 3. The van der Waals surface area contributed by atoms with E-state index in [1.165, 1.54) is 28.4 Å². The zero-order valence-corrected chi connectivity index (χ0v) is 21.5. The van der Waals surface area contributed by atoms with Crippen LogP contribution in [0.25, 0.3) is 44.2 Å². The topological polar surface area (TPSA) is 0 Å². The lowest BCUT2D eigenvalue weighted by atomic mass is 9.93. The zero-order chi connectivity index (χ0) is 25.5. The maximum atomic E-state index is 13.0. The van der Waals surface area contributed by atoms with E-state index in [0.29, 0.717) is 0 Å². The second-order valence-corrected chi connectivity index (χ2v) is 15.3. The molecule has 0 saturated heterocycles. The molecule has 0 N–H and O–H groups in total. The van der Waals surface area contributed by atoms with Crippen molar-refractivity contribution in [2.75, 3.05) is 0 Å². The third-order valence-electron chi connectivity index (χ3n) is 6.66. The summed E-state index contributed by atoms with van der Waals surface area (Å²) >= 11 is 0. The highest BCUT2D eigenvalue weighted by molar-refractivity contribution is 6.88. The van der Waals surface area contributed by atoms with Crippen LogP contribution in [0.15, 0.2) is 109 Å². The fourth-order valence-electron chi connectivity index (χ4n) is 4.60. The van der Waals surface area contributed by atoms with E-state index in [1.54, 1.807) is 0 Å². The Bertz CT molecular complexity index is 1540. The van der Waals surface area contributed by atoms with Crippen molar-refractivity contribution in [3.63, 3.8) is 0 Å². The highest BCUT2D eigenvalue weighted by Crippen LogP contribution is 2.35. The van der Waals surface area contributed by atoms with E-state index in [4.69, 9.17) is 0 Å². The summed E-state index contributed by atoms with van der Waals surface area (Å²) in [5.74, 6) is 0. The molecule has 180 valence electrons. The highest BCUT2D eigenvalue weighted by atomic mass is 28.3. The van der Waals surface area contributed by atoms with Crippen LogP contribution in [0.1, 0.15) is 5.56 Å². The van der Waals surface area contributed by atoms with E-state index in [-0.39, 0.29) is 0 Å². The van der Waals surface area contributed by atoms with Crippen LogP contribution in [-0.4, -0.2) is 8.07 Å². The van der Waals surface area contributed by atoms with Crippen LogP contribution in [0.3, 0.4) is 0 Å². The molecule has 5 aromatic rings. The Labute approximate surface area is 211 Å². The lowest BCUT2D eigenvalue weighted by molar-refractivity contribution is -0.137. The van der Waals surface area contributed by atoms with Crippen LogP contribution in [0.2, 0.25) is 19.6 Å². The van der Waals surface area contributed by atoms with E-state index in [0.717, 1.165) is 45.2 Å². The van der Waals surface area contributed by atoms with E-state index in [1.807, 2.05) is 24.3 Å². The largest absolute Gasteiger partial charge is 0.416 e. The molecule has 0 aliphatic heterocycles. The van der Waals surface area contributed by atoms with Crippen molar-refractivity contribution in [3.8, 4) is 33.4 Å². The predicted molar refractivity (Wildman–Crippen MR) is 148 cm³/mol. The molecule has 0 aliphatic rings. The summed E-state index contributed by atoms with van der Waals surface area (Å²) in [6, 6.07) is 35.1. The van der Waals surface area contributed by atoms with Gasteiger partial charge in [-0.2, -0.15) is 13.2 Å². The van der Waals surface area contributed by atoms with Gasteiger partial charge in [-0.3, -0.25) is 0 Å². The molecule has 4 heteroatoms. The molecule has 0 heterocycles. The standard InChI is InChI=1S/C32H27F3Si/c1-36(2,3)29-11-5-8-24(21-29)25-15-18-31-27(20-25)10-6-12-30(31)26-9-4-7-23(19-26)22-13-16-28(17-14-22)32(33,34)35/h4-21H,1-3H3. The Morgan fingerprint density at radius 3 is 1.81 bits per heavy atom. The van der Waals surface area contributed by atoms with Gasteiger partial charge in [0.25, 0.3) is 0 Å². The van der Waals surface area contributed by atoms with Crippen LogP contribution in [0, 0.1) is 0 Å². The van der Waals surface area contributed by atoms with Crippen LogP contribution in [-0.2, 0) is 6.18 Å². The van der Waals surface area contributed by atoms with Gasteiger partial charge in [0.15, 0.2) is 0 Å². The van der Waals surface area contributed by atoms with Gasteiger partial charge in [0.05, 0.1) is 13.6 Å². The van der Waals surface area contributed by atoms with Crippen LogP contribution >= 0.6 is 0 Å². The second kappa shape index (κ2) is 9.10. The summed E-state index contributed by atoms with van der Waals surface area (Å²) in [5, 5.41) is 3.74. The molecule has 0 fully saturated rings. The van der Waals surface area contributed by atoms with Gasteiger partial charge >= 0.3 is 6.18 Å². The number of rotatable bonds is 4. The normalized spacial score (nSPS) is 12.2. The van der Waals surface area contributed by atoms with Gasteiger partial charge in [-0.1, -0.05) is 110 Å². The molecule has 5 rings (SSSR count). The van der Waals surface area contributed by atoms with Gasteiger partial charge in [-0.05, 0) is 68.4 Å². The van der Waals surface area contributed by atoms with Crippen molar-refractivity contribution in [1.82, 2.24) is 0 Å². The Balaban J connectivity index is 1.53. The molecule has 0 bridgehead atoms. The molecule has 0 aromatic heterocycles. The third kappa shape index (κ3) is 4.87. The maximum Gasteiger partial charge on any atom is 0.416 e. The minimum Gasteiger partial charge on any atom is -0.166 e. The van der Waals surface area contributed by atoms with Gasteiger partial charge < -0.3 is 0 Å². The molecule has 0 unspecified atom stereocenters. The zero-order valence-electron chi connectivity index (χ0n) is 20.5. The highest BCUT2D eigenvalue weighted by Gasteiger charge is 2.30. The van der Waals surface area contributed by atoms with Gasteiger partial charge in [-0.25, -0.2) is 0 Å². The third-order valence-corrected chi connectivity index (χ3v) is 8.70. The van der Waals surface area contributed by atoms with Crippen molar-refractivity contribution >= 4 is 24.0 Å². The fourth-order valence-corrected chi connectivity index (χ4v) is 5.78. The van der Waals surface area contributed by atoms with Crippen LogP contribution in [0.5, 0.6) is 0 Å². The molecular weight excluding hydrogens is 469 g/mol. The van der Waals surface area contributed by atoms with E-state index in [2.05, 4.69) is 80.3 Å². The van der Waals surface area contributed by atoms with Gasteiger partial charge in [0.1, 0.15) is 0 Å². The van der Waals surface area contributed by atoms with Crippen LogP contribution < -0.4 is 5.19 Å². The Kier molecular flexibility index (Phi) is 6.09. The van der Waals surface area contributed by atoms with Crippen LogP contribution in [0.4, 0.5) is 13.2 Å². The van der Waals surface area contributed by atoms with Gasteiger partial charge in [0, 0.05) is 0 Å². The maximum absolute atomic E-state index is 13.0. The molecule has 5 aromatic carbocycles. The number of hydrogen-bond donors (Lipinski definition) is 0. The predicted octanol–water partition coefficient (Wildman–Crippen LogP) is 9.40. The minimum atomic E-state index is -4.34. The van der Waals surface area contributed by atoms with Gasteiger partial charge in [0.2, 0.25) is 0 Å². The molecule has 0 nitrogen and oxygen atoms in total. The lowest BCUT2D eigenvalue weighted by Gasteiger charge is -2.18. The monoisotopic (exact) mass is 496 g/mol. The number of hydrogen-bond acceptors (Lipinski definition) is 0. The first kappa shape index (κ1) is 24.1. The molecule has 36 heavy (non-hydrogen) atoms. The van der Waals surface area contributed by atoms with Gasteiger partial charge in [-0.15, -0.1) is 0 Å². The second-order valence-electron chi connectivity index (χ2n) is 10.2. The SMILES string of the molecule is C[Si](C)(C)c1cccc(-c2ccc3c(-c4cccc(-c5ccc(C(F)(F)F)cc5)c4)cccc3c2)c1. The summed E-state index contributed by atoms with van der Waals surface area (Å²) in [6.45, 7) is 7.08. The van der Waals surface area contributed by atoms with Crippen molar-refractivity contribution in [2.45, 2.75) is 25.8 Å². The molecular formula is C32H27F3Si. The van der Waals surface area contributed by atoms with E-state index >= 15 is 0 Å². The summed E-state index contributed by atoms with van der Waals surface area (Å²) in [7, 11) is -1.41. The first-order valence-electron chi connectivity index (χ1n) is 12.0.